The second kappa shape index (κ2) is 11.9. The standard InChI is InChI=1S/C54H30OS2/c1-2-13-34-33(12-1)30-44-51-47(29-28-42-36-15-8-10-23-46(36)56-53(42)51)57-54(44)49(34)32-26-24-31(25-27-32)48-37-16-3-5-18-39(37)50(40-19-6-4-17-38(40)48)43-21-11-20-41-35-14-7-9-22-45(35)55-52(41)43/h1-30H. The van der Waals surface area contributed by atoms with Crippen molar-refractivity contribution in [3.63, 3.8) is 0 Å². The lowest BCUT2D eigenvalue weighted by atomic mass is 9.85. The molecule has 0 saturated carbocycles. The minimum atomic E-state index is 0.915. The van der Waals surface area contributed by atoms with E-state index in [0.717, 1.165) is 27.5 Å². The molecule has 0 saturated heterocycles. The summed E-state index contributed by atoms with van der Waals surface area (Å²) in [5.74, 6) is 0. The molecule has 0 aliphatic rings. The van der Waals surface area contributed by atoms with E-state index in [2.05, 4.69) is 176 Å². The Hall–Kier alpha value is -6.78. The second-order valence-corrected chi connectivity index (χ2v) is 17.2. The highest BCUT2D eigenvalue weighted by molar-refractivity contribution is 7.30. The fourth-order valence-electron chi connectivity index (χ4n) is 9.60. The quantitative estimate of drug-likeness (QED) is 0.164. The van der Waals surface area contributed by atoms with E-state index in [-0.39, 0.29) is 0 Å². The van der Waals surface area contributed by atoms with Gasteiger partial charge in [-0.05, 0) is 73.3 Å². The summed E-state index contributed by atoms with van der Waals surface area (Å²) in [5, 5.41) is 15.2. The lowest BCUT2D eigenvalue weighted by Gasteiger charge is -2.18. The van der Waals surface area contributed by atoms with Gasteiger partial charge in [0.1, 0.15) is 11.2 Å². The fourth-order valence-corrected chi connectivity index (χ4v) is 12.2. The Kier molecular flexibility index (Phi) is 6.54. The fraction of sp³-hybridized carbons (Fsp3) is 0. The Bertz CT molecular complexity index is 3750. The van der Waals surface area contributed by atoms with Crippen molar-refractivity contribution in [2.75, 3.05) is 0 Å². The number of benzene rings is 10. The highest BCUT2D eigenvalue weighted by Gasteiger charge is 2.22. The third-order valence-electron chi connectivity index (χ3n) is 12.1. The summed E-state index contributed by atoms with van der Waals surface area (Å²) >= 11 is 3.85. The molecule has 0 amide bonds. The van der Waals surface area contributed by atoms with Gasteiger partial charge in [0.2, 0.25) is 0 Å². The molecule has 0 bridgehead atoms. The third-order valence-corrected chi connectivity index (χ3v) is 14.5. The molecule has 13 aromatic rings. The molecular weight excluding hydrogens is 729 g/mol. The van der Waals surface area contributed by atoms with Crippen molar-refractivity contribution in [3.8, 4) is 33.4 Å². The minimum absolute atomic E-state index is 0.915. The van der Waals surface area contributed by atoms with Gasteiger partial charge in [0.05, 0.1) is 0 Å². The zero-order valence-electron chi connectivity index (χ0n) is 30.5. The Morgan fingerprint density at radius 2 is 0.912 bits per heavy atom. The zero-order valence-corrected chi connectivity index (χ0v) is 32.2. The summed E-state index contributed by atoms with van der Waals surface area (Å²) in [4.78, 5) is 0. The van der Waals surface area contributed by atoms with E-state index in [1.807, 2.05) is 28.7 Å². The molecule has 0 aliphatic carbocycles. The molecular formula is C54H30OS2. The number of fused-ring (bicyclic) bond motifs is 13. The summed E-state index contributed by atoms with van der Waals surface area (Å²) < 4.78 is 12.0. The van der Waals surface area contributed by atoms with Crippen LogP contribution in [-0.2, 0) is 0 Å². The first kappa shape index (κ1) is 31.4. The van der Waals surface area contributed by atoms with Crippen molar-refractivity contribution < 1.29 is 4.42 Å². The highest BCUT2D eigenvalue weighted by Crippen LogP contribution is 2.50. The molecule has 3 heterocycles. The van der Waals surface area contributed by atoms with E-state index in [9.17, 15) is 0 Å². The lowest BCUT2D eigenvalue weighted by Crippen LogP contribution is -1.91. The smallest absolute Gasteiger partial charge is 0.143 e. The van der Waals surface area contributed by atoms with E-state index < -0.39 is 0 Å². The predicted molar refractivity (Wildman–Crippen MR) is 248 cm³/mol. The van der Waals surface area contributed by atoms with Crippen LogP contribution in [0.15, 0.2) is 186 Å². The molecule has 0 aliphatic heterocycles. The molecule has 264 valence electrons. The van der Waals surface area contributed by atoms with Gasteiger partial charge in [-0.2, -0.15) is 0 Å². The van der Waals surface area contributed by atoms with Crippen molar-refractivity contribution >= 4 is 117 Å². The molecule has 3 heteroatoms. The Balaban J connectivity index is 1.04. The van der Waals surface area contributed by atoms with E-state index in [0.29, 0.717) is 0 Å². The zero-order chi connectivity index (χ0) is 37.2. The van der Waals surface area contributed by atoms with Crippen LogP contribution < -0.4 is 0 Å². The van der Waals surface area contributed by atoms with Gasteiger partial charge in [-0.1, -0.05) is 158 Å². The summed E-state index contributed by atoms with van der Waals surface area (Å²) in [6.45, 7) is 0. The molecule has 57 heavy (non-hydrogen) atoms. The van der Waals surface area contributed by atoms with Gasteiger partial charge < -0.3 is 4.42 Å². The molecule has 0 spiro atoms. The van der Waals surface area contributed by atoms with Crippen LogP contribution in [0.3, 0.4) is 0 Å². The van der Waals surface area contributed by atoms with Crippen molar-refractivity contribution in [2.45, 2.75) is 0 Å². The molecule has 0 N–H and O–H groups in total. The number of rotatable bonds is 3. The second-order valence-electron chi connectivity index (χ2n) is 15.1. The van der Waals surface area contributed by atoms with Gasteiger partial charge in [0, 0.05) is 67.8 Å². The monoisotopic (exact) mass is 758 g/mol. The maximum atomic E-state index is 6.62. The SMILES string of the molecule is c1ccc2c(-c3ccc(-c4c5ccccc5c(-c5cccc6c5oc5ccccc56)c5ccccc45)cc3)c3sc4ccc5c6ccccc6sc5c4c3cc2c1. The van der Waals surface area contributed by atoms with E-state index >= 15 is 0 Å². The summed E-state index contributed by atoms with van der Waals surface area (Å²) in [5.41, 5.74) is 9.19. The topological polar surface area (TPSA) is 13.1 Å². The van der Waals surface area contributed by atoms with Crippen molar-refractivity contribution in [1.82, 2.24) is 0 Å². The van der Waals surface area contributed by atoms with Gasteiger partial charge in [-0.3, -0.25) is 0 Å². The molecule has 0 unspecified atom stereocenters. The lowest BCUT2D eigenvalue weighted by molar-refractivity contribution is 0.670. The van der Waals surface area contributed by atoms with Crippen molar-refractivity contribution in [3.05, 3.63) is 182 Å². The molecule has 0 fully saturated rings. The Morgan fingerprint density at radius 1 is 0.333 bits per heavy atom. The first-order valence-electron chi connectivity index (χ1n) is 19.4. The van der Waals surface area contributed by atoms with Crippen molar-refractivity contribution in [1.29, 1.82) is 0 Å². The first-order valence-corrected chi connectivity index (χ1v) is 21.0. The van der Waals surface area contributed by atoms with E-state index in [4.69, 9.17) is 4.42 Å². The number of thiophene rings is 2. The molecule has 13 rings (SSSR count). The largest absolute Gasteiger partial charge is 0.455 e. The Labute approximate surface area is 335 Å². The van der Waals surface area contributed by atoms with Crippen LogP contribution in [0.2, 0.25) is 0 Å². The highest BCUT2D eigenvalue weighted by atomic mass is 32.1. The number of hydrogen-bond donors (Lipinski definition) is 0. The van der Waals surface area contributed by atoms with Crippen LogP contribution in [-0.4, -0.2) is 0 Å². The summed E-state index contributed by atoms with van der Waals surface area (Å²) in [6, 6.07) is 66.9. The van der Waals surface area contributed by atoms with Crippen molar-refractivity contribution in [2.24, 2.45) is 0 Å². The molecule has 1 nitrogen and oxygen atoms in total. The van der Waals surface area contributed by atoms with E-state index in [1.54, 1.807) is 0 Å². The van der Waals surface area contributed by atoms with Crippen LogP contribution in [0, 0.1) is 0 Å². The molecule has 10 aromatic carbocycles. The molecule has 3 aromatic heterocycles. The van der Waals surface area contributed by atoms with Crippen LogP contribution in [0.5, 0.6) is 0 Å². The number of para-hydroxylation sites is 2. The number of furan rings is 1. The van der Waals surface area contributed by atoms with Crippen LogP contribution in [0.4, 0.5) is 0 Å². The maximum Gasteiger partial charge on any atom is 0.143 e. The average molecular weight is 759 g/mol. The van der Waals surface area contributed by atoms with Crippen LogP contribution >= 0.6 is 22.7 Å². The summed E-state index contributed by atoms with van der Waals surface area (Å²) in [7, 11) is 0. The van der Waals surface area contributed by atoms with Gasteiger partial charge in [-0.25, -0.2) is 0 Å². The third kappa shape index (κ3) is 4.44. The average Bonchev–Trinajstić information content (AvgIpc) is 3.96. The first-order chi connectivity index (χ1) is 28.3. The maximum absolute atomic E-state index is 6.62. The van der Waals surface area contributed by atoms with Gasteiger partial charge in [-0.15, -0.1) is 22.7 Å². The van der Waals surface area contributed by atoms with Crippen LogP contribution in [0.1, 0.15) is 0 Å². The van der Waals surface area contributed by atoms with E-state index in [1.165, 1.54) is 100 Å². The summed E-state index contributed by atoms with van der Waals surface area (Å²) in [6.07, 6.45) is 0. The number of hydrogen-bond acceptors (Lipinski definition) is 3. The minimum Gasteiger partial charge on any atom is -0.455 e. The predicted octanol–water partition coefficient (Wildman–Crippen LogP) is 16.8. The van der Waals surface area contributed by atoms with Gasteiger partial charge >= 0.3 is 0 Å². The molecule has 0 radical (unpaired) electrons. The van der Waals surface area contributed by atoms with Crippen LogP contribution in [0.25, 0.3) is 128 Å². The normalized spacial score (nSPS) is 12.2. The van der Waals surface area contributed by atoms with Gasteiger partial charge in [0.25, 0.3) is 0 Å². The molecule has 0 atom stereocenters. The van der Waals surface area contributed by atoms with Gasteiger partial charge in [0.15, 0.2) is 0 Å². The Morgan fingerprint density at radius 3 is 1.67 bits per heavy atom.